The zero-order valence-electron chi connectivity index (χ0n) is 10.3. The Morgan fingerprint density at radius 1 is 1.44 bits per heavy atom. The van der Waals surface area contributed by atoms with Crippen LogP contribution in [0.25, 0.3) is 0 Å². The molecule has 1 aliphatic heterocycles. The van der Waals surface area contributed by atoms with Crippen LogP contribution in [0.1, 0.15) is 31.7 Å². The highest BCUT2D eigenvalue weighted by molar-refractivity contribution is 5.60. The monoisotopic (exact) mass is 259 g/mol. The first-order valence-corrected chi connectivity index (χ1v) is 6.04. The third kappa shape index (κ3) is 2.71. The molecule has 0 radical (unpaired) electrons. The maximum absolute atomic E-state index is 12.2. The Kier molecular flexibility index (Phi) is 3.41. The Morgan fingerprint density at radius 3 is 2.78 bits per heavy atom. The number of ether oxygens (including phenoxy) is 1. The van der Waals surface area contributed by atoms with Crippen LogP contribution >= 0.6 is 0 Å². The summed E-state index contributed by atoms with van der Waals surface area (Å²) in [6, 6.07) is 4.50. The maximum atomic E-state index is 12.2. The fourth-order valence-electron chi connectivity index (χ4n) is 2.33. The van der Waals surface area contributed by atoms with Gasteiger partial charge in [0.25, 0.3) is 0 Å². The molecule has 1 N–H and O–H groups in total. The summed E-state index contributed by atoms with van der Waals surface area (Å²) < 4.78 is 40.5. The van der Waals surface area contributed by atoms with Gasteiger partial charge in [-0.25, -0.2) is 0 Å². The van der Waals surface area contributed by atoms with Crippen molar-refractivity contribution in [1.82, 2.24) is 0 Å². The zero-order chi connectivity index (χ0) is 13.3. The third-order valence-corrected chi connectivity index (χ3v) is 3.50. The molecule has 1 aromatic rings. The standard InChI is InChI=1S/C13H16F3NO/c1-3-8(2)11-7-17-12-5-4-9(6-10(11)12)18-13(14,15)16/h4-6,8,11,17H,3,7H2,1-2H3. The van der Waals surface area contributed by atoms with Crippen LogP contribution in [-0.2, 0) is 0 Å². The lowest BCUT2D eigenvalue weighted by Crippen LogP contribution is -2.17. The Balaban J connectivity index is 2.25. The quantitative estimate of drug-likeness (QED) is 0.880. The largest absolute Gasteiger partial charge is 0.573 e. The van der Waals surface area contributed by atoms with Crippen LogP contribution in [-0.4, -0.2) is 12.9 Å². The maximum Gasteiger partial charge on any atom is 0.573 e. The van der Waals surface area contributed by atoms with Crippen molar-refractivity contribution in [2.45, 2.75) is 32.5 Å². The Morgan fingerprint density at radius 2 is 2.17 bits per heavy atom. The van der Waals surface area contributed by atoms with Gasteiger partial charge in [-0.3, -0.25) is 0 Å². The van der Waals surface area contributed by atoms with E-state index in [1.165, 1.54) is 12.1 Å². The lowest BCUT2D eigenvalue weighted by molar-refractivity contribution is -0.274. The topological polar surface area (TPSA) is 21.3 Å². The predicted octanol–water partition coefficient (Wildman–Crippen LogP) is 4.14. The summed E-state index contributed by atoms with van der Waals surface area (Å²) in [5, 5.41) is 3.22. The molecule has 0 spiro atoms. The summed E-state index contributed by atoms with van der Waals surface area (Å²) in [7, 11) is 0. The summed E-state index contributed by atoms with van der Waals surface area (Å²) in [5.74, 6) is 0.542. The summed E-state index contributed by atoms with van der Waals surface area (Å²) in [5.41, 5.74) is 1.83. The molecule has 0 amide bonds. The number of nitrogens with one attached hydrogen (secondary N) is 1. The Hall–Kier alpha value is -1.39. The average molecular weight is 259 g/mol. The Bertz CT molecular complexity index is 431. The van der Waals surface area contributed by atoms with E-state index in [1.54, 1.807) is 6.07 Å². The van der Waals surface area contributed by atoms with Crippen molar-refractivity contribution < 1.29 is 17.9 Å². The van der Waals surface area contributed by atoms with Crippen molar-refractivity contribution in [3.05, 3.63) is 23.8 Å². The fourth-order valence-corrected chi connectivity index (χ4v) is 2.33. The van der Waals surface area contributed by atoms with E-state index in [2.05, 4.69) is 23.9 Å². The Labute approximate surface area is 104 Å². The SMILES string of the molecule is CCC(C)C1CNc2ccc(OC(F)(F)F)cc21. The molecule has 0 saturated heterocycles. The molecule has 2 atom stereocenters. The summed E-state index contributed by atoms with van der Waals surface area (Å²) in [4.78, 5) is 0. The lowest BCUT2D eigenvalue weighted by atomic mass is 9.87. The van der Waals surface area contributed by atoms with Gasteiger partial charge in [0.15, 0.2) is 0 Å². The highest BCUT2D eigenvalue weighted by Crippen LogP contribution is 2.40. The number of anilines is 1. The number of fused-ring (bicyclic) bond motifs is 1. The van der Waals surface area contributed by atoms with Crippen molar-refractivity contribution >= 4 is 5.69 Å². The molecule has 0 aromatic heterocycles. The van der Waals surface area contributed by atoms with Crippen LogP contribution in [0.2, 0.25) is 0 Å². The average Bonchev–Trinajstić information content (AvgIpc) is 2.69. The molecule has 0 bridgehead atoms. The van der Waals surface area contributed by atoms with E-state index in [-0.39, 0.29) is 11.7 Å². The fraction of sp³-hybridized carbons (Fsp3) is 0.538. The van der Waals surface area contributed by atoms with Gasteiger partial charge in [-0.15, -0.1) is 13.2 Å². The predicted molar refractivity (Wildman–Crippen MR) is 63.8 cm³/mol. The second kappa shape index (κ2) is 4.71. The summed E-state index contributed by atoms with van der Waals surface area (Å²) >= 11 is 0. The molecule has 2 rings (SSSR count). The molecule has 5 heteroatoms. The van der Waals surface area contributed by atoms with Crippen LogP contribution in [0.15, 0.2) is 18.2 Å². The highest BCUT2D eigenvalue weighted by atomic mass is 19.4. The van der Waals surface area contributed by atoms with Gasteiger partial charge < -0.3 is 10.1 Å². The van der Waals surface area contributed by atoms with Crippen LogP contribution in [0.3, 0.4) is 0 Å². The zero-order valence-corrected chi connectivity index (χ0v) is 10.3. The van der Waals surface area contributed by atoms with E-state index in [4.69, 9.17) is 0 Å². The molecule has 1 aliphatic rings. The molecule has 0 aliphatic carbocycles. The first-order chi connectivity index (χ1) is 8.40. The number of hydrogen-bond acceptors (Lipinski definition) is 2. The highest BCUT2D eigenvalue weighted by Gasteiger charge is 2.32. The molecule has 0 saturated carbocycles. The number of benzene rings is 1. The van der Waals surface area contributed by atoms with Crippen molar-refractivity contribution in [2.24, 2.45) is 5.92 Å². The molecule has 100 valence electrons. The van der Waals surface area contributed by atoms with Crippen molar-refractivity contribution in [3.8, 4) is 5.75 Å². The van der Waals surface area contributed by atoms with Crippen LogP contribution in [0.4, 0.5) is 18.9 Å². The minimum absolute atomic E-state index is 0.141. The van der Waals surface area contributed by atoms with Gasteiger partial charge in [0.1, 0.15) is 5.75 Å². The van der Waals surface area contributed by atoms with Crippen LogP contribution < -0.4 is 10.1 Å². The van der Waals surface area contributed by atoms with Crippen LogP contribution in [0, 0.1) is 5.92 Å². The van der Waals surface area contributed by atoms with Gasteiger partial charge in [0, 0.05) is 18.2 Å². The number of hydrogen-bond donors (Lipinski definition) is 1. The van der Waals surface area contributed by atoms with E-state index in [0.29, 0.717) is 5.92 Å². The van der Waals surface area contributed by atoms with Gasteiger partial charge in [0.2, 0.25) is 0 Å². The van der Waals surface area contributed by atoms with E-state index in [9.17, 15) is 13.2 Å². The minimum atomic E-state index is -4.63. The van der Waals surface area contributed by atoms with E-state index in [1.807, 2.05) is 0 Å². The molecule has 2 nitrogen and oxygen atoms in total. The summed E-state index contributed by atoms with van der Waals surface area (Å²) in [6.07, 6.45) is -3.64. The van der Waals surface area contributed by atoms with Gasteiger partial charge in [0.05, 0.1) is 0 Å². The molecule has 0 fully saturated rings. The van der Waals surface area contributed by atoms with E-state index >= 15 is 0 Å². The van der Waals surface area contributed by atoms with Gasteiger partial charge >= 0.3 is 6.36 Å². The first-order valence-electron chi connectivity index (χ1n) is 6.04. The van der Waals surface area contributed by atoms with Crippen molar-refractivity contribution in [2.75, 3.05) is 11.9 Å². The molecule has 1 heterocycles. The first kappa shape index (κ1) is 13.1. The lowest BCUT2D eigenvalue weighted by Gasteiger charge is -2.18. The third-order valence-electron chi connectivity index (χ3n) is 3.50. The van der Waals surface area contributed by atoms with Crippen molar-refractivity contribution in [3.63, 3.8) is 0 Å². The molecular formula is C13H16F3NO. The second-order valence-corrected chi connectivity index (χ2v) is 4.67. The normalized spacial score (nSPS) is 20.2. The number of rotatable bonds is 3. The van der Waals surface area contributed by atoms with Gasteiger partial charge in [-0.1, -0.05) is 20.3 Å². The number of alkyl halides is 3. The van der Waals surface area contributed by atoms with Gasteiger partial charge in [-0.2, -0.15) is 0 Å². The molecule has 1 aromatic carbocycles. The smallest absolute Gasteiger partial charge is 0.406 e. The van der Waals surface area contributed by atoms with E-state index in [0.717, 1.165) is 24.2 Å². The van der Waals surface area contributed by atoms with Gasteiger partial charge in [-0.05, 0) is 29.7 Å². The van der Waals surface area contributed by atoms with E-state index < -0.39 is 6.36 Å². The second-order valence-electron chi connectivity index (χ2n) is 4.67. The summed E-state index contributed by atoms with van der Waals surface area (Å²) in [6.45, 7) is 4.97. The molecular weight excluding hydrogens is 243 g/mol. The van der Waals surface area contributed by atoms with Crippen LogP contribution in [0.5, 0.6) is 5.75 Å². The minimum Gasteiger partial charge on any atom is -0.406 e. The number of halogens is 3. The van der Waals surface area contributed by atoms with Crippen molar-refractivity contribution in [1.29, 1.82) is 0 Å². The molecule has 18 heavy (non-hydrogen) atoms. The molecule has 2 unspecified atom stereocenters.